The molecular formula is C10H13N5. The fourth-order valence-corrected chi connectivity index (χ4v) is 1.34. The van der Waals surface area contributed by atoms with Gasteiger partial charge in [0, 0.05) is 17.9 Å². The molecule has 0 aromatic carbocycles. The smallest absolute Gasteiger partial charge is 0.167 e. The highest BCUT2D eigenvalue weighted by Gasteiger charge is 2.18. The monoisotopic (exact) mass is 203 g/mol. The van der Waals surface area contributed by atoms with Crippen molar-refractivity contribution in [3.8, 4) is 11.4 Å². The first-order valence-corrected chi connectivity index (χ1v) is 4.75. The Balaban J connectivity index is 2.51. The zero-order valence-electron chi connectivity index (χ0n) is 9.05. The first-order valence-electron chi connectivity index (χ1n) is 4.75. The number of aromatic nitrogens is 5. The van der Waals surface area contributed by atoms with Crippen molar-refractivity contribution < 1.29 is 0 Å². The molecule has 2 aromatic rings. The lowest BCUT2D eigenvalue weighted by molar-refractivity contribution is 0.399. The number of nitrogens with zero attached hydrogens (tertiary/aromatic N) is 5. The van der Waals surface area contributed by atoms with Gasteiger partial charge in [-0.05, 0) is 20.8 Å². The molecule has 2 aromatic heterocycles. The lowest BCUT2D eigenvalue weighted by Gasteiger charge is -2.21. The molecule has 0 unspecified atom stereocenters. The largest absolute Gasteiger partial charge is 0.308 e. The maximum Gasteiger partial charge on any atom is 0.167 e. The molecule has 0 bridgehead atoms. The Morgan fingerprint density at radius 3 is 2.40 bits per heavy atom. The molecule has 0 N–H and O–H groups in total. The minimum Gasteiger partial charge on any atom is -0.308 e. The van der Waals surface area contributed by atoms with Crippen molar-refractivity contribution in [3.05, 3.63) is 25.0 Å². The summed E-state index contributed by atoms with van der Waals surface area (Å²) in [7, 11) is 0. The van der Waals surface area contributed by atoms with Crippen LogP contribution in [0.5, 0.6) is 0 Å². The van der Waals surface area contributed by atoms with Crippen LogP contribution in [0.4, 0.5) is 0 Å². The summed E-state index contributed by atoms with van der Waals surface area (Å²) in [5.41, 5.74) is 0.833. The van der Waals surface area contributed by atoms with Crippen molar-refractivity contribution in [1.82, 2.24) is 24.7 Å². The van der Waals surface area contributed by atoms with E-state index in [0.717, 1.165) is 11.4 Å². The molecular weight excluding hydrogens is 190 g/mol. The van der Waals surface area contributed by atoms with Crippen LogP contribution in [0.3, 0.4) is 0 Å². The summed E-state index contributed by atoms with van der Waals surface area (Å²) in [5, 5.41) is 8.01. The summed E-state index contributed by atoms with van der Waals surface area (Å²) in [4.78, 5) is 7.94. The van der Waals surface area contributed by atoms with E-state index in [1.165, 1.54) is 6.33 Å². The molecule has 5 heteroatoms. The lowest BCUT2D eigenvalue weighted by atomic mass is 10.1. The minimum absolute atomic E-state index is 0.0469. The predicted molar refractivity (Wildman–Crippen MR) is 56.0 cm³/mol. The van der Waals surface area contributed by atoms with E-state index in [-0.39, 0.29) is 5.54 Å². The van der Waals surface area contributed by atoms with Crippen LogP contribution in [0.2, 0.25) is 0 Å². The van der Waals surface area contributed by atoms with E-state index in [1.807, 2.05) is 4.57 Å². The van der Waals surface area contributed by atoms with Gasteiger partial charge in [0.1, 0.15) is 12.7 Å². The summed E-state index contributed by atoms with van der Waals surface area (Å²) >= 11 is 0. The molecule has 0 spiro atoms. The van der Waals surface area contributed by atoms with Crippen LogP contribution < -0.4 is 0 Å². The second-order valence-electron chi connectivity index (χ2n) is 4.32. The average Bonchev–Trinajstić information content (AvgIpc) is 2.67. The zero-order chi connectivity index (χ0) is 10.9. The van der Waals surface area contributed by atoms with Crippen LogP contribution in [0, 0.1) is 0 Å². The van der Waals surface area contributed by atoms with E-state index in [9.17, 15) is 0 Å². The molecule has 0 aliphatic carbocycles. The van der Waals surface area contributed by atoms with Gasteiger partial charge >= 0.3 is 0 Å². The summed E-state index contributed by atoms with van der Waals surface area (Å²) in [6.45, 7) is 6.30. The first-order chi connectivity index (χ1) is 7.09. The van der Waals surface area contributed by atoms with Crippen LogP contribution >= 0.6 is 0 Å². The van der Waals surface area contributed by atoms with Gasteiger partial charge in [-0.3, -0.25) is 0 Å². The average molecular weight is 203 g/mol. The summed E-state index contributed by atoms with van der Waals surface area (Å²) in [6, 6.07) is 0. The predicted octanol–water partition coefficient (Wildman–Crippen LogP) is 1.49. The Morgan fingerprint density at radius 1 is 1.13 bits per heavy atom. The van der Waals surface area contributed by atoms with Gasteiger partial charge in [0.25, 0.3) is 0 Å². The molecule has 15 heavy (non-hydrogen) atoms. The number of hydrogen-bond donors (Lipinski definition) is 0. The zero-order valence-corrected chi connectivity index (χ0v) is 9.05. The van der Waals surface area contributed by atoms with Crippen LogP contribution in [0.1, 0.15) is 20.8 Å². The first kappa shape index (κ1) is 9.76. The van der Waals surface area contributed by atoms with Crippen molar-refractivity contribution in [1.29, 1.82) is 0 Å². The van der Waals surface area contributed by atoms with Gasteiger partial charge in [-0.15, -0.1) is 10.2 Å². The van der Waals surface area contributed by atoms with Crippen LogP contribution in [0.25, 0.3) is 11.4 Å². The minimum atomic E-state index is -0.0469. The fourth-order valence-electron chi connectivity index (χ4n) is 1.34. The van der Waals surface area contributed by atoms with Gasteiger partial charge in [0.2, 0.25) is 0 Å². The topological polar surface area (TPSA) is 56.5 Å². The van der Waals surface area contributed by atoms with Gasteiger partial charge in [0.15, 0.2) is 5.82 Å². The highest BCUT2D eigenvalue weighted by atomic mass is 15.3. The second-order valence-corrected chi connectivity index (χ2v) is 4.32. The lowest BCUT2D eigenvalue weighted by Crippen LogP contribution is -2.21. The van der Waals surface area contributed by atoms with E-state index < -0.39 is 0 Å². The Kier molecular flexibility index (Phi) is 2.22. The normalized spacial score (nSPS) is 11.7. The Hall–Kier alpha value is -1.78. The molecule has 0 fully saturated rings. The molecule has 0 aliphatic heterocycles. The van der Waals surface area contributed by atoms with E-state index in [1.54, 1.807) is 18.7 Å². The van der Waals surface area contributed by atoms with Crippen molar-refractivity contribution in [2.24, 2.45) is 0 Å². The molecule has 78 valence electrons. The second kappa shape index (κ2) is 3.42. The molecule has 0 aliphatic rings. The Labute approximate surface area is 88.2 Å². The third kappa shape index (κ3) is 1.86. The Bertz CT molecular complexity index is 440. The van der Waals surface area contributed by atoms with Crippen molar-refractivity contribution in [2.45, 2.75) is 26.3 Å². The molecule has 0 atom stereocenters. The molecule has 0 saturated carbocycles. The van der Waals surface area contributed by atoms with Crippen LogP contribution in [-0.4, -0.2) is 24.7 Å². The molecule has 0 radical (unpaired) electrons. The van der Waals surface area contributed by atoms with Crippen molar-refractivity contribution in [3.63, 3.8) is 0 Å². The van der Waals surface area contributed by atoms with Gasteiger partial charge < -0.3 is 4.57 Å². The highest BCUT2D eigenvalue weighted by Crippen LogP contribution is 2.21. The number of hydrogen-bond acceptors (Lipinski definition) is 4. The van der Waals surface area contributed by atoms with Gasteiger partial charge in [-0.25, -0.2) is 9.97 Å². The van der Waals surface area contributed by atoms with Crippen molar-refractivity contribution >= 4 is 0 Å². The van der Waals surface area contributed by atoms with E-state index in [2.05, 4.69) is 40.9 Å². The summed E-state index contributed by atoms with van der Waals surface area (Å²) in [5.74, 6) is 0.795. The SMILES string of the molecule is CC(C)(C)n1cnnc1-c1cncnc1. The summed E-state index contributed by atoms with van der Waals surface area (Å²) in [6.07, 6.45) is 6.70. The summed E-state index contributed by atoms with van der Waals surface area (Å²) < 4.78 is 2.01. The fraction of sp³-hybridized carbons (Fsp3) is 0.400. The Morgan fingerprint density at radius 2 is 1.80 bits per heavy atom. The maximum atomic E-state index is 4.09. The van der Waals surface area contributed by atoms with E-state index in [0.29, 0.717) is 0 Å². The standard InChI is InChI=1S/C10H13N5/c1-10(2,3)15-7-13-14-9(15)8-4-11-6-12-5-8/h4-7H,1-3H3. The molecule has 0 saturated heterocycles. The van der Waals surface area contributed by atoms with Crippen molar-refractivity contribution in [2.75, 3.05) is 0 Å². The van der Waals surface area contributed by atoms with E-state index in [4.69, 9.17) is 0 Å². The maximum absolute atomic E-state index is 4.09. The van der Waals surface area contributed by atoms with Gasteiger partial charge in [-0.1, -0.05) is 0 Å². The van der Waals surface area contributed by atoms with Crippen LogP contribution in [-0.2, 0) is 5.54 Å². The highest BCUT2D eigenvalue weighted by molar-refractivity contribution is 5.51. The number of rotatable bonds is 1. The molecule has 2 heterocycles. The van der Waals surface area contributed by atoms with E-state index >= 15 is 0 Å². The quantitative estimate of drug-likeness (QED) is 0.704. The van der Waals surface area contributed by atoms with Crippen LogP contribution in [0.15, 0.2) is 25.0 Å². The van der Waals surface area contributed by atoms with Gasteiger partial charge in [-0.2, -0.15) is 0 Å². The molecule has 5 nitrogen and oxygen atoms in total. The molecule has 0 amide bonds. The molecule has 2 rings (SSSR count). The van der Waals surface area contributed by atoms with Gasteiger partial charge in [0.05, 0.1) is 5.56 Å². The third-order valence-electron chi connectivity index (χ3n) is 2.09. The third-order valence-corrected chi connectivity index (χ3v) is 2.09.